The highest BCUT2D eigenvalue weighted by molar-refractivity contribution is 5.98. The molecule has 3 N–H and O–H groups in total. The number of alkyl halides is 3. The second-order valence-corrected chi connectivity index (χ2v) is 3.41. The van der Waals surface area contributed by atoms with Crippen LogP contribution in [0.3, 0.4) is 0 Å². The Morgan fingerprint density at radius 1 is 1.39 bits per heavy atom. The number of nitrogens with one attached hydrogen (secondary N) is 1. The molecule has 1 amide bonds. The number of fused-ring (bicyclic) bond motifs is 1. The van der Waals surface area contributed by atoms with E-state index in [0.717, 1.165) is 6.07 Å². The van der Waals surface area contributed by atoms with Crippen molar-refractivity contribution in [3.63, 3.8) is 0 Å². The number of hydrazine groups is 1. The largest absolute Gasteiger partial charge is 0.434 e. The van der Waals surface area contributed by atoms with Crippen LogP contribution in [-0.2, 0) is 6.18 Å². The number of aromatic nitrogens is 2. The maximum atomic E-state index is 12.8. The number of hydrogen-bond donors (Lipinski definition) is 2. The average Bonchev–Trinajstić information content (AvgIpc) is 2.35. The Kier molecular flexibility index (Phi) is 2.87. The summed E-state index contributed by atoms with van der Waals surface area (Å²) in [6.07, 6.45) is -3.44. The summed E-state index contributed by atoms with van der Waals surface area (Å²) in [6.45, 7) is 0. The quantitative estimate of drug-likeness (QED) is 0.457. The SMILES string of the molecule is NNC(=O)c1cc2cccnc2nc1C(F)(F)F. The van der Waals surface area contributed by atoms with E-state index in [1.165, 1.54) is 18.3 Å². The van der Waals surface area contributed by atoms with Crippen LogP contribution in [0, 0.1) is 0 Å². The highest BCUT2D eigenvalue weighted by atomic mass is 19.4. The van der Waals surface area contributed by atoms with Crippen molar-refractivity contribution in [3.8, 4) is 0 Å². The number of nitrogen functional groups attached to an aromatic ring is 1. The van der Waals surface area contributed by atoms with E-state index in [1.807, 2.05) is 0 Å². The summed E-state index contributed by atoms with van der Waals surface area (Å²) in [5.74, 6) is 3.79. The van der Waals surface area contributed by atoms with Gasteiger partial charge in [-0.1, -0.05) is 0 Å². The molecule has 0 atom stereocenters. The van der Waals surface area contributed by atoms with Crippen molar-refractivity contribution >= 4 is 16.9 Å². The van der Waals surface area contributed by atoms with Crippen LogP contribution < -0.4 is 11.3 Å². The van der Waals surface area contributed by atoms with E-state index in [2.05, 4.69) is 9.97 Å². The van der Waals surface area contributed by atoms with Crippen molar-refractivity contribution in [2.24, 2.45) is 5.84 Å². The summed E-state index contributed by atoms with van der Waals surface area (Å²) < 4.78 is 38.3. The van der Waals surface area contributed by atoms with E-state index in [9.17, 15) is 18.0 Å². The number of carbonyl (C=O) groups is 1. The molecule has 0 radical (unpaired) electrons. The molecule has 0 unspecified atom stereocenters. The first-order valence-corrected chi connectivity index (χ1v) is 4.77. The van der Waals surface area contributed by atoms with E-state index in [0.29, 0.717) is 5.39 Å². The Morgan fingerprint density at radius 2 is 2.11 bits per heavy atom. The molecule has 0 aromatic carbocycles. The first-order valence-electron chi connectivity index (χ1n) is 4.77. The Morgan fingerprint density at radius 3 is 2.72 bits per heavy atom. The minimum absolute atomic E-state index is 0.0848. The monoisotopic (exact) mass is 256 g/mol. The number of rotatable bonds is 1. The van der Waals surface area contributed by atoms with Gasteiger partial charge in [-0.15, -0.1) is 0 Å². The molecule has 5 nitrogen and oxygen atoms in total. The average molecular weight is 256 g/mol. The molecule has 0 aliphatic heterocycles. The second kappa shape index (κ2) is 4.22. The lowest BCUT2D eigenvalue weighted by atomic mass is 10.1. The smallest absolute Gasteiger partial charge is 0.290 e. The number of halogens is 3. The number of pyridine rings is 2. The molecule has 18 heavy (non-hydrogen) atoms. The molecular formula is C10H7F3N4O. The Balaban J connectivity index is 2.76. The fourth-order valence-electron chi connectivity index (χ4n) is 1.47. The Hall–Kier alpha value is -2.22. The van der Waals surface area contributed by atoms with Crippen molar-refractivity contribution in [1.29, 1.82) is 0 Å². The van der Waals surface area contributed by atoms with Gasteiger partial charge in [-0.25, -0.2) is 15.8 Å². The van der Waals surface area contributed by atoms with Crippen LogP contribution in [0.25, 0.3) is 11.0 Å². The summed E-state index contributed by atoms with van der Waals surface area (Å²) in [7, 11) is 0. The number of carbonyl (C=O) groups excluding carboxylic acids is 1. The van der Waals surface area contributed by atoms with Crippen LogP contribution in [0.1, 0.15) is 16.1 Å². The predicted molar refractivity (Wildman–Crippen MR) is 56.2 cm³/mol. The Labute approximate surface area is 98.8 Å². The number of hydrogen-bond acceptors (Lipinski definition) is 4. The molecular weight excluding hydrogens is 249 g/mol. The standard InChI is InChI=1S/C10H7F3N4O/c11-10(12,13)7-6(9(18)17-14)4-5-2-1-3-15-8(5)16-7/h1-4H,14H2,(H,17,18). The van der Waals surface area contributed by atoms with Crippen LogP contribution in [0.5, 0.6) is 0 Å². The zero-order chi connectivity index (χ0) is 13.3. The second-order valence-electron chi connectivity index (χ2n) is 3.41. The molecule has 2 heterocycles. The maximum Gasteiger partial charge on any atom is 0.434 e. The molecule has 0 fully saturated rings. The molecule has 0 spiro atoms. The molecule has 2 aromatic rings. The summed E-state index contributed by atoms with van der Waals surface area (Å²) in [4.78, 5) is 18.4. The number of amides is 1. The maximum absolute atomic E-state index is 12.8. The lowest BCUT2D eigenvalue weighted by molar-refractivity contribution is -0.141. The van der Waals surface area contributed by atoms with Crippen molar-refractivity contribution in [2.75, 3.05) is 0 Å². The van der Waals surface area contributed by atoms with Crippen molar-refractivity contribution < 1.29 is 18.0 Å². The first-order chi connectivity index (χ1) is 8.43. The molecule has 0 saturated heterocycles. The predicted octanol–water partition coefficient (Wildman–Crippen LogP) is 1.25. The van der Waals surface area contributed by atoms with Gasteiger partial charge in [0.25, 0.3) is 5.91 Å². The van der Waals surface area contributed by atoms with E-state index < -0.39 is 23.3 Å². The van der Waals surface area contributed by atoms with Crippen molar-refractivity contribution in [2.45, 2.75) is 6.18 Å². The lowest BCUT2D eigenvalue weighted by Gasteiger charge is -2.11. The molecule has 8 heteroatoms. The summed E-state index contributed by atoms with van der Waals surface area (Å²) in [5.41, 5.74) is -0.368. The third-order valence-electron chi connectivity index (χ3n) is 2.23. The molecule has 0 saturated carbocycles. The van der Waals surface area contributed by atoms with Gasteiger partial charge >= 0.3 is 6.18 Å². The van der Waals surface area contributed by atoms with Crippen molar-refractivity contribution in [1.82, 2.24) is 15.4 Å². The molecule has 0 aliphatic rings. The molecule has 0 bridgehead atoms. The zero-order valence-electron chi connectivity index (χ0n) is 8.82. The minimum Gasteiger partial charge on any atom is -0.290 e. The Bertz CT molecular complexity index is 612. The van der Waals surface area contributed by atoms with Crippen LogP contribution >= 0.6 is 0 Å². The molecule has 94 valence electrons. The van der Waals surface area contributed by atoms with Gasteiger partial charge in [-0.05, 0) is 18.2 Å². The first kappa shape index (κ1) is 12.2. The third kappa shape index (κ3) is 2.09. The van der Waals surface area contributed by atoms with Crippen LogP contribution in [0.15, 0.2) is 24.4 Å². The molecule has 0 aliphatic carbocycles. The fraction of sp³-hybridized carbons (Fsp3) is 0.100. The zero-order valence-corrected chi connectivity index (χ0v) is 8.82. The van der Waals surface area contributed by atoms with Gasteiger partial charge in [0, 0.05) is 11.6 Å². The van der Waals surface area contributed by atoms with Gasteiger partial charge in [0.1, 0.15) is 0 Å². The highest BCUT2D eigenvalue weighted by Gasteiger charge is 2.37. The van der Waals surface area contributed by atoms with Gasteiger partial charge in [-0.2, -0.15) is 13.2 Å². The van der Waals surface area contributed by atoms with Crippen LogP contribution in [-0.4, -0.2) is 15.9 Å². The third-order valence-corrected chi connectivity index (χ3v) is 2.23. The van der Waals surface area contributed by atoms with Crippen LogP contribution in [0.2, 0.25) is 0 Å². The van der Waals surface area contributed by atoms with Gasteiger partial charge in [0.2, 0.25) is 0 Å². The summed E-state index contributed by atoms with van der Waals surface area (Å²) in [6, 6.07) is 4.09. The number of nitrogens with two attached hydrogens (primary N) is 1. The van der Waals surface area contributed by atoms with Gasteiger partial charge < -0.3 is 0 Å². The molecule has 2 aromatic heterocycles. The molecule has 2 rings (SSSR count). The van der Waals surface area contributed by atoms with E-state index >= 15 is 0 Å². The van der Waals surface area contributed by atoms with E-state index in [1.54, 1.807) is 5.43 Å². The topological polar surface area (TPSA) is 80.9 Å². The van der Waals surface area contributed by atoms with Gasteiger partial charge in [0.15, 0.2) is 11.3 Å². The summed E-state index contributed by atoms with van der Waals surface area (Å²) in [5, 5.41) is 0.323. The summed E-state index contributed by atoms with van der Waals surface area (Å²) >= 11 is 0. The fourth-order valence-corrected chi connectivity index (χ4v) is 1.47. The van der Waals surface area contributed by atoms with E-state index in [-0.39, 0.29) is 5.65 Å². The lowest BCUT2D eigenvalue weighted by Crippen LogP contribution is -2.32. The van der Waals surface area contributed by atoms with Crippen LogP contribution in [0.4, 0.5) is 13.2 Å². The normalized spacial score (nSPS) is 11.6. The van der Waals surface area contributed by atoms with Gasteiger partial charge in [0.05, 0.1) is 5.56 Å². The van der Waals surface area contributed by atoms with Crippen molar-refractivity contribution in [3.05, 3.63) is 35.7 Å². The number of nitrogens with zero attached hydrogens (tertiary/aromatic N) is 2. The van der Waals surface area contributed by atoms with E-state index in [4.69, 9.17) is 5.84 Å². The highest BCUT2D eigenvalue weighted by Crippen LogP contribution is 2.31. The van der Waals surface area contributed by atoms with Gasteiger partial charge in [-0.3, -0.25) is 10.2 Å². The minimum atomic E-state index is -4.76.